The largest absolute Gasteiger partial charge is 0.459 e. The number of amides is 3. The van der Waals surface area contributed by atoms with E-state index in [1.807, 2.05) is 32.0 Å². The van der Waals surface area contributed by atoms with Crippen LogP contribution in [-0.2, 0) is 20.9 Å². The second-order valence-electron chi connectivity index (χ2n) is 7.98. The number of benzene rings is 1. The summed E-state index contributed by atoms with van der Waals surface area (Å²) in [4.78, 5) is 42.4. The van der Waals surface area contributed by atoms with E-state index >= 15 is 0 Å². The molecule has 1 aliphatic carbocycles. The Morgan fingerprint density at radius 1 is 1.34 bits per heavy atom. The van der Waals surface area contributed by atoms with Crippen molar-refractivity contribution in [3.05, 3.63) is 40.0 Å². The number of halogens is 1. The van der Waals surface area contributed by atoms with Crippen LogP contribution < -0.4 is 5.32 Å². The number of imide groups is 1. The highest BCUT2D eigenvalue weighted by molar-refractivity contribution is 6.30. The van der Waals surface area contributed by atoms with Crippen molar-refractivity contribution in [1.82, 2.24) is 15.2 Å². The van der Waals surface area contributed by atoms with Gasteiger partial charge in [-0.3, -0.25) is 14.5 Å². The minimum atomic E-state index is -0.918. The van der Waals surface area contributed by atoms with Crippen molar-refractivity contribution in [2.24, 2.45) is 5.92 Å². The van der Waals surface area contributed by atoms with E-state index in [0.29, 0.717) is 5.56 Å². The molecular weight excluding hydrogens is 394 g/mol. The standard InChI is InChI=1S/C21H22ClN3O4/c1-11-4-5-13-8-14(18(22)23-17(13)12(11)2)10-29-16(26)9-25-19(27)21(3,15-6-7-15)24-20(25)28/h4-5,8,15H,6-7,9-10H2,1-3H3,(H,24,28)/t21-/m0/s1. The number of carbonyl (C=O) groups excluding carboxylic acids is 3. The van der Waals surface area contributed by atoms with Gasteiger partial charge in [-0.2, -0.15) is 0 Å². The van der Waals surface area contributed by atoms with Crippen molar-refractivity contribution in [3.8, 4) is 0 Å². The topological polar surface area (TPSA) is 88.6 Å². The molecule has 8 heteroatoms. The first kappa shape index (κ1) is 19.6. The van der Waals surface area contributed by atoms with Gasteiger partial charge in [-0.05, 0) is 56.7 Å². The molecule has 1 aliphatic heterocycles. The molecule has 2 aromatic rings. The smallest absolute Gasteiger partial charge is 0.326 e. The van der Waals surface area contributed by atoms with Crippen molar-refractivity contribution in [3.63, 3.8) is 0 Å². The Bertz CT molecular complexity index is 1050. The highest BCUT2D eigenvalue weighted by Gasteiger charge is 2.56. The van der Waals surface area contributed by atoms with Crippen molar-refractivity contribution in [2.45, 2.75) is 45.8 Å². The first-order chi connectivity index (χ1) is 13.7. The van der Waals surface area contributed by atoms with Crippen LogP contribution in [-0.4, -0.2) is 39.9 Å². The van der Waals surface area contributed by atoms with E-state index in [4.69, 9.17) is 16.3 Å². The van der Waals surface area contributed by atoms with Crippen LogP contribution in [0.15, 0.2) is 18.2 Å². The number of hydrogen-bond donors (Lipinski definition) is 1. The van der Waals surface area contributed by atoms with E-state index in [2.05, 4.69) is 10.3 Å². The number of carbonyl (C=O) groups is 3. The zero-order chi connectivity index (χ0) is 20.9. The summed E-state index contributed by atoms with van der Waals surface area (Å²) in [5.41, 5.74) is 2.62. The van der Waals surface area contributed by atoms with Gasteiger partial charge in [-0.15, -0.1) is 0 Å². The van der Waals surface area contributed by atoms with Gasteiger partial charge in [-0.1, -0.05) is 23.7 Å². The van der Waals surface area contributed by atoms with Gasteiger partial charge in [0.15, 0.2) is 0 Å². The van der Waals surface area contributed by atoms with Crippen LogP contribution in [0.1, 0.15) is 36.5 Å². The molecule has 1 aromatic heterocycles. The maximum Gasteiger partial charge on any atom is 0.326 e. The first-order valence-electron chi connectivity index (χ1n) is 9.56. The fourth-order valence-corrected chi connectivity index (χ4v) is 3.93. The number of pyridine rings is 1. The molecule has 1 atom stereocenters. The van der Waals surface area contributed by atoms with Crippen LogP contribution in [0.5, 0.6) is 0 Å². The van der Waals surface area contributed by atoms with Crippen LogP contribution in [0, 0.1) is 19.8 Å². The molecule has 1 saturated carbocycles. The monoisotopic (exact) mass is 415 g/mol. The molecule has 7 nitrogen and oxygen atoms in total. The quantitative estimate of drug-likeness (QED) is 0.460. The molecule has 152 valence electrons. The van der Waals surface area contributed by atoms with Gasteiger partial charge < -0.3 is 10.1 Å². The second-order valence-corrected chi connectivity index (χ2v) is 8.33. The Balaban J connectivity index is 1.43. The van der Waals surface area contributed by atoms with Crippen LogP contribution in [0.4, 0.5) is 4.79 Å². The normalized spacial score (nSPS) is 21.6. The molecule has 2 heterocycles. The van der Waals surface area contributed by atoms with E-state index in [0.717, 1.165) is 39.8 Å². The predicted octanol–water partition coefficient (Wildman–Crippen LogP) is 3.27. The molecule has 29 heavy (non-hydrogen) atoms. The lowest BCUT2D eigenvalue weighted by Crippen LogP contribution is -2.46. The Morgan fingerprint density at radius 2 is 2.07 bits per heavy atom. The van der Waals surface area contributed by atoms with E-state index in [-0.39, 0.29) is 23.6 Å². The van der Waals surface area contributed by atoms with E-state index in [1.165, 1.54) is 0 Å². The lowest BCUT2D eigenvalue weighted by molar-refractivity contribution is -0.148. The van der Waals surface area contributed by atoms with Crippen molar-refractivity contribution in [1.29, 1.82) is 0 Å². The van der Waals surface area contributed by atoms with Gasteiger partial charge >= 0.3 is 12.0 Å². The molecule has 0 bridgehead atoms. The molecule has 3 amide bonds. The fourth-order valence-electron chi connectivity index (χ4n) is 3.73. The minimum absolute atomic E-state index is 0.0862. The number of ether oxygens (including phenoxy) is 1. The fraction of sp³-hybridized carbons (Fsp3) is 0.429. The molecule has 1 aromatic carbocycles. The van der Waals surface area contributed by atoms with Crippen molar-refractivity contribution >= 4 is 40.4 Å². The van der Waals surface area contributed by atoms with Crippen LogP contribution in [0.25, 0.3) is 10.9 Å². The van der Waals surface area contributed by atoms with Crippen LogP contribution >= 0.6 is 11.6 Å². The molecular formula is C21H22ClN3O4. The number of rotatable bonds is 5. The predicted molar refractivity (Wildman–Crippen MR) is 107 cm³/mol. The molecule has 4 rings (SSSR count). The SMILES string of the molecule is Cc1ccc2cc(COC(=O)CN3C(=O)N[C@@](C)(C4CC4)C3=O)c(Cl)nc2c1C. The van der Waals surface area contributed by atoms with Gasteiger partial charge in [0.2, 0.25) is 0 Å². The molecule has 0 unspecified atom stereocenters. The molecule has 1 N–H and O–H groups in total. The molecule has 0 spiro atoms. The van der Waals surface area contributed by atoms with Gasteiger partial charge in [0.25, 0.3) is 5.91 Å². The molecule has 2 aliphatic rings. The summed E-state index contributed by atoms with van der Waals surface area (Å²) in [6.45, 7) is 5.18. The van der Waals surface area contributed by atoms with Crippen molar-refractivity contribution < 1.29 is 19.1 Å². The number of fused-ring (bicyclic) bond motifs is 1. The zero-order valence-corrected chi connectivity index (χ0v) is 17.3. The molecule has 0 radical (unpaired) electrons. The van der Waals surface area contributed by atoms with Gasteiger partial charge in [-0.25, -0.2) is 9.78 Å². The number of nitrogens with one attached hydrogen (secondary N) is 1. The van der Waals surface area contributed by atoms with E-state index in [1.54, 1.807) is 6.92 Å². The van der Waals surface area contributed by atoms with Gasteiger partial charge in [0.1, 0.15) is 23.8 Å². The van der Waals surface area contributed by atoms with E-state index < -0.39 is 24.1 Å². The summed E-state index contributed by atoms with van der Waals surface area (Å²) < 4.78 is 5.28. The maximum absolute atomic E-state index is 12.6. The summed E-state index contributed by atoms with van der Waals surface area (Å²) in [6.07, 6.45) is 1.79. The summed E-state index contributed by atoms with van der Waals surface area (Å²) in [5, 5.41) is 3.87. The lowest BCUT2D eigenvalue weighted by atomic mass is 9.96. The maximum atomic E-state index is 12.6. The molecule has 1 saturated heterocycles. The number of nitrogens with zero attached hydrogens (tertiary/aromatic N) is 2. The third-order valence-electron chi connectivity index (χ3n) is 5.91. The third kappa shape index (κ3) is 3.44. The summed E-state index contributed by atoms with van der Waals surface area (Å²) in [5.74, 6) is -0.919. The minimum Gasteiger partial charge on any atom is -0.459 e. The number of urea groups is 1. The number of aromatic nitrogens is 1. The Hall–Kier alpha value is -2.67. The first-order valence-corrected chi connectivity index (χ1v) is 9.93. The summed E-state index contributed by atoms with van der Waals surface area (Å²) in [6, 6.07) is 5.22. The summed E-state index contributed by atoms with van der Waals surface area (Å²) in [7, 11) is 0. The molecule has 2 fully saturated rings. The van der Waals surface area contributed by atoms with E-state index in [9.17, 15) is 14.4 Å². The number of esters is 1. The Labute approximate surface area is 173 Å². The van der Waals surface area contributed by atoms with Crippen LogP contribution in [0.2, 0.25) is 5.15 Å². The van der Waals surface area contributed by atoms with Crippen LogP contribution in [0.3, 0.4) is 0 Å². The Morgan fingerprint density at radius 3 is 2.76 bits per heavy atom. The lowest BCUT2D eigenvalue weighted by Gasteiger charge is -2.20. The number of aryl methyl sites for hydroxylation is 2. The zero-order valence-electron chi connectivity index (χ0n) is 16.5. The average molecular weight is 416 g/mol. The highest BCUT2D eigenvalue weighted by atomic mass is 35.5. The summed E-state index contributed by atoms with van der Waals surface area (Å²) >= 11 is 6.28. The second kappa shape index (κ2) is 6.99. The van der Waals surface area contributed by atoms with Crippen molar-refractivity contribution in [2.75, 3.05) is 6.54 Å². The number of hydrogen-bond acceptors (Lipinski definition) is 5. The Kier molecular flexibility index (Phi) is 4.73. The highest BCUT2D eigenvalue weighted by Crippen LogP contribution is 2.42. The average Bonchev–Trinajstić information content (AvgIpc) is 3.50. The third-order valence-corrected chi connectivity index (χ3v) is 6.24. The van der Waals surface area contributed by atoms with Gasteiger partial charge in [0.05, 0.1) is 5.52 Å². The van der Waals surface area contributed by atoms with Gasteiger partial charge in [0, 0.05) is 10.9 Å².